The third kappa shape index (κ3) is 2.66. The number of aromatic nitrogens is 1. The van der Waals surface area contributed by atoms with E-state index in [1.54, 1.807) is 11.8 Å². The highest BCUT2D eigenvalue weighted by Gasteiger charge is 2.14. The van der Waals surface area contributed by atoms with Crippen LogP contribution in [-0.2, 0) is 6.42 Å². The Kier molecular flexibility index (Phi) is 4.20. The minimum atomic E-state index is 0.653. The van der Waals surface area contributed by atoms with Gasteiger partial charge in [0.15, 0.2) is 0 Å². The Hall–Kier alpha value is -2.36. The van der Waals surface area contributed by atoms with Gasteiger partial charge in [0.2, 0.25) is 0 Å². The summed E-state index contributed by atoms with van der Waals surface area (Å²) in [7, 11) is 0. The highest BCUT2D eigenvalue weighted by molar-refractivity contribution is 7.99. The van der Waals surface area contributed by atoms with E-state index in [9.17, 15) is 0 Å². The Bertz CT molecular complexity index is 939. The van der Waals surface area contributed by atoms with Crippen molar-refractivity contribution in [2.24, 2.45) is 5.73 Å². The molecule has 118 valence electrons. The second-order valence-electron chi connectivity index (χ2n) is 5.71. The molecule has 4 rings (SSSR count). The number of hydrogen-bond acceptors (Lipinski definition) is 3. The van der Waals surface area contributed by atoms with Crippen molar-refractivity contribution >= 4 is 33.3 Å². The lowest BCUT2D eigenvalue weighted by atomic mass is 9.95. The summed E-state index contributed by atoms with van der Waals surface area (Å²) in [5.41, 5.74) is 7.23. The average Bonchev–Trinajstić information content (AvgIpc) is 2.65. The summed E-state index contributed by atoms with van der Waals surface area (Å²) in [5, 5.41) is 6.14. The summed E-state index contributed by atoms with van der Waals surface area (Å²) in [4.78, 5) is 5.75. The van der Waals surface area contributed by atoms with Crippen LogP contribution in [0.5, 0.6) is 0 Å². The number of hydrogen-bond donors (Lipinski definition) is 1. The second kappa shape index (κ2) is 6.63. The number of rotatable bonds is 4. The molecule has 0 radical (unpaired) electrons. The molecule has 0 bridgehead atoms. The van der Waals surface area contributed by atoms with Gasteiger partial charge in [-0.15, -0.1) is 0 Å². The second-order valence-corrected chi connectivity index (χ2v) is 6.74. The summed E-state index contributed by atoms with van der Waals surface area (Å²) in [6, 6.07) is 23.3. The van der Waals surface area contributed by atoms with Crippen molar-refractivity contribution in [3.8, 4) is 0 Å². The monoisotopic (exact) mass is 330 g/mol. The molecule has 2 N–H and O–H groups in total. The molecule has 24 heavy (non-hydrogen) atoms. The fourth-order valence-corrected chi connectivity index (χ4v) is 4.26. The lowest BCUT2D eigenvalue weighted by Crippen LogP contribution is -2.04. The molecule has 0 aliphatic carbocycles. The van der Waals surface area contributed by atoms with Crippen LogP contribution in [0, 0.1) is 0 Å². The molecule has 3 heteroatoms. The van der Waals surface area contributed by atoms with Crippen molar-refractivity contribution in [1.82, 2.24) is 4.98 Å². The Morgan fingerprint density at radius 3 is 1.88 bits per heavy atom. The van der Waals surface area contributed by atoms with Gasteiger partial charge in [-0.05, 0) is 52.2 Å². The molecule has 1 aromatic heterocycles. The molecule has 0 atom stereocenters. The van der Waals surface area contributed by atoms with Gasteiger partial charge in [0.05, 0.1) is 0 Å². The summed E-state index contributed by atoms with van der Waals surface area (Å²) < 4.78 is 0. The van der Waals surface area contributed by atoms with Crippen LogP contribution < -0.4 is 5.73 Å². The van der Waals surface area contributed by atoms with Gasteiger partial charge in [-0.1, -0.05) is 66.4 Å². The van der Waals surface area contributed by atoms with Gasteiger partial charge in [0, 0.05) is 11.1 Å². The van der Waals surface area contributed by atoms with Gasteiger partial charge in [0.25, 0.3) is 0 Å². The Balaban J connectivity index is 2.05. The predicted molar refractivity (Wildman–Crippen MR) is 103 cm³/mol. The molecule has 0 saturated heterocycles. The summed E-state index contributed by atoms with van der Waals surface area (Å²) in [5.74, 6) is 0. The zero-order chi connectivity index (χ0) is 16.4. The van der Waals surface area contributed by atoms with Crippen LogP contribution in [0.1, 0.15) is 5.56 Å². The van der Waals surface area contributed by atoms with Gasteiger partial charge < -0.3 is 5.73 Å². The minimum absolute atomic E-state index is 0.653. The number of pyridine rings is 1. The number of benzene rings is 3. The third-order valence-corrected chi connectivity index (χ3v) is 5.33. The van der Waals surface area contributed by atoms with Gasteiger partial charge in [-0.2, -0.15) is 0 Å². The highest BCUT2D eigenvalue weighted by atomic mass is 32.2. The van der Waals surface area contributed by atoms with Crippen LogP contribution in [0.3, 0.4) is 0 Å². The molecule has 0 unspecified atom stereocenters. The average molecular weight is 330 g/mol. The van der Waals surface area contributed by atoms with Gasteiger partial charge in [-0.3, -0.25) is 0 Å². The third-order valence-electron chi connectivity index (χ3n) is 4.23. The Morgan fingerprint density at radius 1 is 0.750 bits per heavy atom. The standard InChI is InChI=1S/C21H18N2S/c22-13-12-17-15-7-1-3-9-18(15)21(19-10-4-2-8-16(17)19)24-20-11-5-6-14-23-20/h1-11,14H,12-13,22H2. The van der Waals surface area contributed by atoms with Crippen molar-refractivity contribution in [3.05, 3.63) is 78.5 Å². The number of fused-ring (bicyclic) bond motifs is 2. The maximum atomic E-state index is 5.89. The smallest absolute Gasteiger partial charge is 0.101 e. The van der Waals surface area contributed by atoms with E-state index in [0.29, 0.717) is 6.54 Å². The van der Waals surface area contributed by atoms with Crippen LogP contribution in [0.2, 0.25) is 0 Å². The zero-order valence-electron chi connectivity index (χ0n) is 13.3. The fourth-order valence-electron chi connectivity index (χ4n) is 3.21. The molecule has 1 heterocycles. The summed E-state index contributed by atoms with van der Waals surface area (Å²) in [6.07, 6.45) is 2.73. The molecule has 0 amide bonds. The molecular weight excluding hydrogens is 312 g/mol. The first-order valence-corrected chi connectivity index (χ1v) is 8.91. The van der Waals surface area contributed by atoms with E-state index in [1.807, 2.05) is 18.3 Å². The summed E-state index contributed by atoms with van der Waals surface area (Å²) >= 11 is 1.73. The first-order valence-electron chi connectivity index (χ1n) is 8.10. The maximum Gasteiger partial charge on any atom is 0.101 e. The minimum Gasteiger partial charge on any atom is -0.330 e. The quantitative estimate of drug-likeness (QED) is 0.533. The van der Waals surface area contributed by atoms with E-state index in [-0.39, 0.29) is 0 Å². The van der Waals surface area contributed by atoms with E-state index in [1.165, 1.54) is 32.0 Å². The van der Waals surface area contributed by atoms with Crippen LogP contribution in [-0.4, -0.2) is 11.5 Å². The SMILES string of the molecule is NCCc1c2ccccc2c(Sc2ccccn2)c2ccccc12. The molecular formula is C21H18N2S. The predicted octanol–water partition coefficient (Wildman–Crippen LogP) is 5.04. The van der Waals surface area contributed by atoms with Crippen molar-refractivity contribution in [3.63, 3.8) is 0 Å². The number of nitrogens with two attached hydrogens (primary N) is 1. The van der Waals surface area contributed by atoms with E-state index in [2.05, 4.69) is 59.6 Å². The zero-order valence-corrected chi connectivity index (χ0v) is 14.1. The first kappa shape index (κ1) is 15.2. The largest absolute Gasteiger partial charge is 0.330 e. The molecule has 0 saturated carbocycles. The maximum absolute atomic E-state index is 5.89. The lowest BCUT2D eigenvalue weighted by molar-refractivity contribution is 0.984. The normalized spacial score (nSPS) is 11.2. The van der Waals surface area contributed by atoms with E-state index in [0.717, 1.165) is 11.4 Å². The molecule has 3 aromatic carbocycles. The lowest BCUT2D eigenvalue weighted by Gasteiger charge is -2.16. The molecule has 2 nitrogen and oxygen atoms in total. The topological polar surface area (TPSA) is 38.9 Å². The van der Waals surface area contributed by atoms with Gasteiger partial charge in [0.1, 0.15) is 5.03 Å². The fraction of sp³-hybridized carbons (Fsp3) is 0.0952. The van der Waals surface area contributed by atoms with Crippen LogP contribution in [0.25, 0.3) is 21.5 Å². The van der Waals surface area contributed by atoms with Crippen LogP contribution >= 0.6 is 11.8 Å². The van der Waals surface area contributed by atoms with E-state index >= 15 is 0 Å². The van der Waals surface area contributed by atoms with Crippen molar-refractivity contribution in [2.45, 2.75) is 16.3 Å². The van der Waals surface area contributed by atoms with E-state index < -0.39 is 0 Å². The van der Waals surface area contributed by atoms with Gasteiger partial charge in [-0.25, -0.2) is 4.98 Å². The highest BCUT2D eigenvalue weighted by Crippen LogP contribution is 2.41. The molecule has 0 fully saturated rings. The van der Waals surface area contributed by atoms with Crippen molar-refractivity contribution < 1.29 is 0 Å². The van der Waals surface area contributed by atoms with Crippen molar-refractivity contribution in [2.75, 3.05) is 6.54 Å². The first-order chi connectivity index (χ1) is 11.9. The van der Waals surface area contributed by atoms with Crippen LogP contribution in [0.4, 0.5) is 0 Å². The summed E-state index contributed by atoms with van der Waals surface area (Å²) in [6.45, 7) is 0.653. The molecule has 0 aliphatic rings. The molecule has 4 aromatic rings. The van der Waals surface area contributed by atoms with E-state index in [4.69, 9.17) is 5.73 Å². The van der Waals surface area contributed by atoms with Crippen molar-refractivity contribution in [1.29, 1.82) is 0 Å². The Morgan fingerprint density at radius 2 is 1.33 bits per heavy atom. The molecule has 0 spiro atoms. The van der Waals surface area contributed by atoms with Crippen LogP contribution in [0.15, 0.2) is 82.8 Å². The molecule has 0 aliphatic heterocycles. The number of nitrogens with zero attached hydrogens (tertiary/aromatic N) is 1. The Labute approximate surface area is 145 Å². The van der Waals surface area contributed by atoms with Gasteiger partial charge >= 0.3 is 0 Å².